The lowest BCUT2D eigenvalue weighted by molar-refractivity contribution is -0.116. The van der Waals surface area contributed by atoms with Gasteiger partial charge in [-0.25, -0.2) is 0 Å². The molecule has 0 fully saturated rings. The number of nitrogens with one attached hydrogen (secondary N) is 1. The van der Waals surface area contributed by atoms with E-state index in [0.717, 1.165) is 17.8 Å². The van der Waals surface area contributed by atoms with Crippen LogP contribution in [0.2, 0.25) is 0 Å². The lowest BCUT2D eigenvalue weighted by Gasteiger charge is -2.02. The first kappa shape index (κ1) is 12.6. The number of aryl methyl sites for hydroxylation is 1. The summed E-state index contributed by atoms with van der Waals surface area (Å²) >= 11 is 1.61. The summed E-state index contributed by atoms with van der Waals surface area (Å²) in [6.45, 7) is 1.48. The van der Waals surface area contributed by atoms with Crippen molar-refractivity contribution in [2.24, 2.45) is 0 Å². The summed E-state index contributed by atoms with van der Waals surface area (Å²) in [7, 11) is 0. The highest BCUT2D eigenvalue weighted by atomic mass is 32.1. The maximum Gasteiger partial charge on any atom is 0.244 e. The zero-order chi connectivity index (χ0) is 12.6. The van der Waals surface area contributed by atoms with Crippen LogP contribution in [0.1, 0.15) is 11.3 Å². The Labute approximate surface area is 110 Å². The molecule has 0 aliphatic rings. The molecule has 0 saturated carbocycles. The quantitative estimate of drug-likeness (QED) is 0.640. The molecular formula is C13H15N3OS. The van der Waals surface area contributed by atoms with E-state index >= 15 is 0 Å². The lowest BCUT2D eigenvalue weighted by atomic mass is 10.3. The van der Waals surface area contributed by atoms with E-state index in [2.05, 4.69) is 10.4 Å². The number of rotatable bonds is 6. The maximum atomic E-state index is 11.5. The summed E-state index contributed by atoms with van der Waals surface area (Å²) in [5.41, 5.74) is 0. The van der Waals surface area contributed by atoms with Gasteiger partial charge in [0.2, 0.25) is 5.91 Å². The number of hydrogen-bond donors (Lipinski definition) is 1. The molecule has 0 aromatic carbocycles. The van der Waals surface area contributed by atoms with Crippen LogP contribution < -0.4 is 5.32 Å². The maximum absolute atomic E-state index is 11.5. The molecule has 2 aromatic rings. The van der Waals surface area contributed by atoms with E-state index in [1.807, 2.05) is 40.5 Å². The minimum atomic E-state index is -0.0520. The highest BCUT2D eigenvalue weighted by Gasteiger charge is 1.96. The number of hydrogen-bond acceptors (Lipinski definition) is 3. The largest absolute Gasteiger partial charge is 0.352 e. The molecule has 0 aliphatic heterocycles. The van der Waals surface area contributed by atoms with Gasteiger partial charge < -0.3 is 5.32 Å². The fraction of sp³-hybridized carbons (Fsp3) is 0.231. The summed E-state index contributed by atoms with van der Waals surface area (Å²) in [5, 5.41) is 8.93. The van der Waals surface area contributed by atoms with Gasteiger partial charge in [0.15, 0.2) is 0 Å². The van der Waals surface area contributed by atoms with Crippen molar-refractivity contribution in [3.63, 3.8) is 0 Å². The molecule has 5 heteroatoms. The molecule has 0 spiro atoms. The topological polar surface area (TPSA) is 46.9 Å². The molecule has 0 radical (unpaired) electrons. The first-order valence-corrected chi connectivity index (χ1v) is 6.69. The SMILES string of the molecule is O=C(C=Cc1cccs1)NCCCn1cccn1. The Kier molecular flexibility index (Phi) is 4.72. The highest BCUT2D eigenvalue weighted by molar-refractivity contribution is 7.10. The van der Waals surface area contributed by atoms with Crippen LogP contribution in [0.5, 0.6) is 0 Å². The molecule has 0 bridgehead atoms. The van der Waals surface area contributed by atoms with Gasteiger partial charge in [-0.3, -0.25) is 9.48 Å². The van der Waals surface area contributed by atoms with Crippen molar-refractivity contribution in [2.75, 3.05) is 6.54 Å². The van der Waals surface area contributed by atoms with Gasteiger partial charge in [-0.2, -0.15) is 5.10 Å². The molecular weight excluding hydrogens is 246 g/mol. The average molecular weight is 261 g/mol. The van der Waals surface area contributed by atoms with Gasteiger partial charge in [-0.15, -0.1) is 11.3 Å². The van der Waals surface area contributed by atoms with E-state index in [1.165, 1.54) is 0 Å². The third-order valence-electron chi connectivity index (χ3n) is 2.36. The van der Waals surface area contributed by atoms with Crippen molar-refractivity contribution >= 4 is 23.3 Å². The molecule has 1 amide bonds. The van der Waals surface area contributed by atoms with Crippen LogP contribution >= 0.6 is 11.3 Å². The third kappa shape index (κ3) is 4.18. The molecule has 0 atom stereocenters. The Balaban J connectivity index is 1.63. The minimum absolute atomic E-state index is 0.0520. The van der Waals surface area contributed by atoms with Gasteiger partial charge in [0.25, 0.3) is 0 Å². The predicted octanol–water partition coefficient (Wildman–Crippen LogP) is 2.16. The van der Waals surface area contributed by atoms with Crippen molar-refractivity contribution in [1.29, 1.82) is 0 Å². The van der Waals surface area contributed by atoms with E-state index in [4.69, 9.17) is 0 Å². The van der Waals surface area contributed by atoms with Gasteiger partial charge >= 0.3 is 0 Å². The molecule has 0 unspecified atom stereocenters. The number of thiophene rings is 1. The van der Waals surface area contributed by atoms with Crippen LogP contribution in [0.15, 0.2) is 42.0 Å². The van der Waals surface area contributed by atoms with Crippen molar-refractivity contribution in [2.45, 2.75) is 13.0 Å². The van der Waals surface area contributed by atoms with Crippen LogP contribution in [-0.4, -0.2) is 22.2 Å². The molecule has 2 aromatic heterocycles. The minimum Gasteiger partial charge on any atom is -0.352 e. The van der Waals surface area contributed by atoms with Crippen molar-refractivity contribution in [3.05, 3.63) is 46.9 Å². The summed E-state index contributed by atoms with van der Waals surface area (Å²) < 4.78 is 1.85. The molecule has 2 rings (SSSR count). The monoisotopic (exact) mass is 261 g/mol. The Hall–Kier alpha value is -1.88. The van der Waals surface area contributed by atoms with E-state index in [9.17, 15) is 4.79 Å². The second-order valence-electron chi connectivity index (χ2n) is 3.76. The Bertz CT molecular complexity index is 488. The van der Waals surface area contributed by atoms with Crippen molar-refractivity contribution in [3.8, 4) is 0 Å². The Morgan fingerprint density at radius 2 is 2.44 bits per heavy atom. The summed E-state index contributed by atoms with van der Waals surface area (Å²) in [6.07, 6.45) is 7.94. The Morgan fingerprint density at radius 3 is 3.17 bits per heavy atom. The van der Waals surface area contributed by atoms with E-state index in [1.54, 1.807) is 23.6 Å². The molecule has 18 heavy (non-hydrogen) atoms. The summed E-state index contributed by atoms with van der Waals surface area (Å²) in [4.78, 5) is 12.6. The second-order valence-corrected chi connectivity index (χ2v) is 4.74. The molecule has 4 nitrogen and oxygen atoms in total. The molecule has 1 N–H and O–H groups in total. The van der Waals surface area contributed by atoms with Crippen molar-refractivity contribution < 1.29 is 4.79 Å². The zero-order valence-electron chi connectivity index (χ0n) is 9.95. The number of carbonyl (C=O) groups is 1. The Morgan fingerprint density at radius 1 is 1.50 bits per heavy atom. The third-order valence-corrected chi connectivity index (χ3v) is 3.20. The van der Waals surface area contributed by atoms with Crippen molar-refractivity contribution in [1.82, 2.24) is 15.1 Å². The van der Waals surface area contributed by atoms with E-state index < -0.39 is 0 Å². The van der Waals surface area contributed by atoms with Crippen LogP contribution in [0.4, 0.5) is 0 Å². The standard InChI is InChI=1S/C13H15N3OS/c17-13(6-5-12-4-1-11-18-12)14-7-2-9-16-10-3-8-15-16/h1,3-6,8,10-11H,2,7,9H2,(H,14,17). The smallest absolute Gasteiger partial charge is 0.244 e. The number of carbonyl (C=O) groups excluding carboxylic acids is 1. The van der Waals surface area contributed by atoms with Crippen LogP contribution in [-0.2, 0) is 11.3 Å². The highest BCUT2D eigenvalue weighted by Crippen LogP contribution is 2.09. The fourth-order valence-corrected chi connectivity index (χ4v) is 2.11. The summed E-state index contributed by atoms with van der Waals surface area (Å²) in [6, 6.07) is 5.83. The van der Waals surface area contributed by atoms with Gasteiger partial charge in [-0.05, 0) is 30.0 Å². The molecule has 0 aliphatic carbocycles. The van der Waals surface area contributed by atoms with Gasteiger partial charge in [0, 0.05) is 36.4 Å². The van der Waals surface area contributed by atoms with E-state index in [0.29, 0.717) is 6.54 Å². The molecule has 2 heterocycles. The first-order chi connectivity index (χ1) is 8.84. The van der Waals surface area contributed by atoms with Crippen LogP contribution in [0, 0.1) is 0 Å². The van der Waals surface area contributed by atoms with Gasteiger partial charge in [0.05, 0.1) is 0 Å². The van der Waals surface area contributed by atoms with Crippen LogP contribution in [0.3, 0.4) is 0 Å². The average Bonchev–Trinajstić information content (AvgIpc) is 3.04. The van der Waals surface area contributed by atoms with E-state index in [-0.39, 0.29) is 5.91 Å². The summed E-state index contributed by atoms with van der Waals surface area (Å²) in [5.74, 6) is -0.0520. The number of nitrogens with zero attached hydrogens (tertiary/aromatic N) is 2. The molecule has 0 saturated heterocycles. The number of aromatic nitrogens is 2. The second kappa shape index (κ2) is 6.76. The zero-order valence-corrected chi connectivity index (χ0v) is 10.8. The fourth-order valence-electron chi connectivity index (χ4n) is 1.49. The first-order valence-electron chi connectivity index (χ1n) is 5.81. The van der Waals surface area contributed by atoms with Crippen LogP contribution in [0.25, 0.3) is 6.08 Å². The normalized spacial score (nSPS) is 10.9. The lowest BCUT2D eigenvalue weighted by Crippen LogP contribution is -2.23. The number of amides is 1. The van der Waals surface area contributed by atoms with Gasteiger partial charge in [-0.1, -0.05) is 6.07 Å². The molecule has 94 valence electrons. The predicted molar refractivity (Wildman–Crippen MR) is 73.2 cm³/mol. The van der Waals surface area contributed by atoms with Gasteiger partial charge in [0.1, 0.15) is 0 Å².